The molecule has 0 unspecified atom stereocenters. The number of nitrogens with one attached hydrogen (secondary N) is 2. The van der Waals surface area contributed by atoms with Gasteiger partial charge in [-0.05, 0) is 29.8 Å². The van der Waals surface area contributed by atoms with Gasteiger partial charge in [0, 0.05) is 25.3 Å². The van der Waals surface area contributed by atoms with E-state index in [4.69, 9.17) is 4.74 Å². The van der Waals surface area contributed by atoms with Crippen molar-refractivity contribution in [1.29, 1.82) is 0 Å². The number of aromatic nitrogens is 2. The number of rotatable bonds is 5. The molecule has 0 aliphatic carbocycles. The monoisotopic (exact) mass is 516 g/mol. The van der Waals surface area contributed by atoms with E-state index in [0.29, 0.717) is 26.5 Å². The van der Waals surface area contributed by atoms with Gasteiger partial charge >= 0.3 is 6.03 Å². The highest BCUT2D eigenvalue weighted by molar-refractivity contribution is 7.21. The minimum Gasteiger partial charge on any atom is -0.379 e. The van der Waals surface area contributed by atoms with Crippen LogP contribution in [0.25, 0.3) is 10.2 Å². The molecule has 2 N–H and O–H groups in total. The average Bonchev–Trinajstić information content (AvgIpc) is 3.26. The molecule has 1 fully saturated rings. The summed E-state index contributed by atoms with van der Waals surface area (Å²) in [4.78, 5) is 39.3. The number of ether oxygens (including phenoxy) is 1. The zero-order valence-corrected chi connectivity index (χ0v) is 20.8. The summed E-state index contributed by atoms with van der Waals surface area (Å²) in [6.07, 6.45) is 1.31. The molecular formula is C25H22BFN6O3S. The van der Waals surface area contributed by atoms with E-state index in [9.17, 15) is 14.0 Å². The number of benzene rings is 2. The Morgan fingerprint density at radius 1 is 1.16 bits per heavy atom. The van der Waals surface area contributed by atoms with Crippen LogP contribution in [0.4, 0.5) is 32.1 Å². The van der Waals surface area contributed by atoms with Gasteiger partial charge in [0.05, 0.1) is 30.0 Å². The lowest BCUT2D eigenvalue weighted by Crippen LogP contribution is -2.35. The van der Waals surface area contributed by atoms with Crippen molar-refractivity contribution in [3.8, 4) is 0 Å². The molecule has 12 heteroatoms. The number of hydrogen-bond acceptors (Lipinski definition) is 7. The molecule has 2 aliphatic rings. The minimum atomic E-state index is -0.602. The van der Waals surface area contributed by atoms with E-state index in [1.807, 2.05) is 24.3 Å². The van der Waals surface area contributed by atoms with E-state index >= 15 is 0 Å². The number of anilines is 4. The Labute approximate surface area is 216 Å². The Kier molecular flexibility index (Phi) is 6.07. The van der Waals surface area contributed by atoms with Gasteiger partial charge in [0.1, 0.15) is 29.7 Å². The molecule has 37 heavy (non-hydrogen) atoms. The smallest absolute Gasteiger partial charge is 0.332 e. The van der Waals surface area contributed by atoms with E-state index in [2.05, 4.69) is 25.5 Å². The van der Waals surface area contributed by atoms with Crippen molar-refractivity contribution >= 4 is 69.7 Å². The van der Waals surface area contributed by atoms with E-state index in [1.54, 1.807) is 13.9 Å². The Morgan fingerprint density at radius 3 is 2.70 bits per heavy atom. The number of thiophene rings is 1. The van der Waals surface area contributed by atoms with Crippen LogP contribution in [0.5, 0.6) is 0 Å². The average molecular weight is 516 g/mol. The van der Waals surface area contributed by atoms with Gasteiger partial charge in [0.2, 0.25) is 0 Å². The number of morpholine rings is 1. The van der Waals surface area contributed by atoms with Crippen LogP contribution in [-0.2, 0) is 11.3 Å². The molecule has 2 aromatic heterocycles. The van der Waals surface area contributed by atoms with Gasteiger partial charge in [-0.1, -0.05) is 23.7 Å². The molecule has 186 valence electrons. The molecule has 0 spiro atoms. The van der Waals surface area contributed by atoms with Gasteiger partial charge < -0.3 is 15.4 Å². The fourth-order valence-corrected chi connectivity index (χ4v) is 5.53. The van der Waals surface area contributed by atoms with Crippen LogP contribution in [0.3, 0.4) is 0 Å². The lowest BCUT2D eigenvalue weighted by atomic mass is 9.96. The molecule has 0 atom stereocenters. The standard InChI is InChI=1S/C25H22BFN6O3S/c26-15-3-6-18(17(27)11-15)33-22-19-20(31-25(33)35)21(37-24(19)29-13-28-22)23(34)30-16-4-1-14(2-5-16)12-32-7-9-36-10-8-32/h1-6,11,13H,7-10,12,26H2,(H,30,34)(H,31,35). The second-order valence-corrected chi connectivity index (χ2v) is 9.94. The normalized spacial score (nSPS) is 15.6. The summed E-state index contributed by atoms with van der Waals surface area (Å²) in [5.74, 6) is -0.690. The summed E-state index contributed by atoms with van der Waals surface area (Å²) in [5.41, 5.74) is 2.91. The topological polar surface area (TPSA) is 99.7 Å². The molecule has 9 nitrogen and oxygen atoms in total. The molecule has 1 saturated heterocycles. The fourth-order valence-electron chi connectivity index (χ4n) is 4.54. The quantitative estimate of drug-likeness (QED) is 0.396. The van der Waals surface area contributed by atoms with Crippen LogP contribution >= 0.6 is 11.3 Å². The highest BCUT2D eigenvalue weighted by atomic mass is 32.1. The summed E-state index contributed by atoms with van der Waals surface area (Å²) in [5, 5.41) is 6.16. The van der Waals surface area contributed by atoms with Crippen molar-refractivity contribution in [1.82, 2.24) is 14.9 Å². The lowest BCUT2D eigenvalue weighted by Gasteiger charge is -2.27. The Morgan fingerprint density at radius 2 is 1.95 bits per heavy atom. The summed E-state index contributed by atoms with van der Waals surface area (Å²) in [6.45, 7) is 4.11. The third kappa shape index (κ3) is 4.43. The first-order valence-corrected chi connectivity index (χ1v) is 12.6. The van der Waals surface area contributed by atoms with Crippen LogP contribution in [0.1, 0.15) is 15.2 Å². The highest BCUT2D eigenvalue weighted by Gasteiger charge is 2.34. The van der Waals surface area contributed by atoms with Crippen molar-refractivity contribution in [2.45, 2.75) is 6.54 Å². The second kappa shape index (κ2) is 9.54. The maximum Gasteiger partial charge on any atom is 0.332 e. The van der Waals surface area contributed by atoms with Gasteiger partial charge in [-0.3, -0.25) is 9.69 Å². The molecule has 2 aromatic carbocycles. The summed E-state index contributed by atoms with van der Waals surface area (Å²) in [6, 6.07) is 11.7. The molecule has 0 bridgehead atoms. The van der Waals surface area contributed by atoms with Crippen molar-refractivity contribution in [3.63, 3.8) is 0 Å². The molecule has 0 saturated carbocycles. The third-order valence-electron chi connectivity index (χ3n) is 6.39. The van der Waals surface area contributed by atoms with Gasteiger partial charge in [-0.2, -0.15) is 0 Å². The van der Waals surface area contributed by atoms with E-state index in [-0.39, 0.29) is 17.4 Å². The molecule has 2 aliphatic heterocycles. The summed E-state index contributed by atoms with van der Waals surface area (Å²) < 4.78 is 20.2. The maximum absolute atomic E-state index is 14.8. The van der Waals surface area contributed by atoms with Crippen LogP contribution in [0.15, 0.2) is 48.8 Å². The summed E-state index contributed by atoms with van der Waals surface area (Å²) in [7, 11) is 1.77. The molecular weight excluding hydrogens is 494 g/mol. The van der Waals surface area contributed by atoms with Crippen molar-refractivity contribution in [2.24, 2.45) is 0 Å². The van der Waals surface area contributed by atoms with Crippen molar-refractivity contribution in [3.05, 3.63) is 65.0 Å². The van der Waals surface area contributed by atoms with Crippen LogP contribution in [-0.4, -0.2) is 61.0 Å². The molecule has 3 amide bonds. The predicted molar refractivity (Wildman–Crippen MR) is 144 cm³/mol. The first-order valence-electron chi connectivity index (χ1n) is 11.8. The number of urea groups is 1. The molecule has 6 rings (SSSR count). The molecule has 0 radical (unpaired) electrons. The number of nitrogens with zero attached hydrogens (tertiary/aromatic N) is 4. The number of hydrogen-bond donors (Lipinski definition) is 2. The van der Waals surface area contributed by atoms with Gasteiger partial charge in [0.25, 0.3) is 5.91 Å². The maximum atomic E-state index is 14.8. The first kappa shape index (κ1) is 23.5. The number of carbonyl (C=O) groups is 2. The van der Waals surface area contributed by atoms with Crippen LogP contribution < -0.4 is 21.0 Å². The van der Waals surface area contributed by atoms with E-state index in [0.717, 1.165) is 55.2 Å². The zero-order chi connectivity index (χ0) is 25.5. The van der Waals surface area contributed by atoms with Gasteiger partial charge in [0.15, 0.2) is 5.82 Å². The zero-order valence-electron chi connectivity index (χ0n) is 20.0. The number of amides is 3. The predicted octanol–water partition coefficient (Wildman–Crippen LogP) is 2.86. The van der Waals surface area contributed by atoms with E-state index < -0.39 is 11.8 Å². The first-order chi connectivity index (χ1) is 18.0. The van der Waals surface area contributed by atoms with Crippen LogP contribution in [0, 0.1) is 5.82 Å². The minimum absolute atomic E-state index is 0.0723. The Hall–Kier alpha value is -3.87. The molecule has 4 aromatic rings. The summed E-state index contributed by atoms with van der Waals surface area (Å²) >= 11 is 1.15. The Balaban J connectivity index is 1.27. The number of carbonyl (C=O) groups excluding carboxylic acids is 2. The third-order valence-corrected chi connectivity index (χ3v) is 7.48. The fraction of sp³-hybridized carbons (Fsp3) is 0.200. The van der Waals surface area contributed by atoms with Crippen molar-refractivity contribution < 1.29 is 18.7 Å². The SMILES string of the molecule is Bc1ccc(N2C(=O)Nc3c(C(=O)Nc4ccc(CN5CCOCC5)cc4)sc4ncnc2c34)c(F)c1. The highest BCUT2D eigenvalue weighted by Crippen LogP contribution is 2.45. The second-order valence-electron chi connectivity index (χ2n) is 8.94. The lowest BCUT2D eigenvalue weighted by molar-refractivity contribution is 0.0342. The molecule has 4 heterocycles. The van der Waals surface area contributed by atoms with Gasteiger partial charge in [-0.25, -0.2) is 24.1 Å². The van der Waals surface area contributed by atoms with Crippen LogP contribution in [0.2, 0.25) is 0 Å². The van der Waals surface area contributed by atoms with Crippen molar-refractivity contribution in [2.75, 3.05) is 41.8 Å². The van der Waals surface area contributed by atoms with Gasteiger partial charge in [-0.15, -0.1) is 11.3 Å². The largest absolute Gasteiger partial charge is 0.379 e. The number of halogens is 1. The Bertz CT molecular complexity index is 1520. The van der Waals surface area contributed by atoms with E-state index in [1.165, 1.54) is 23.4 Å².